The molecule has 0 aromatic carbocycles. The molecule has 0 aliphatic carbocycles. The molecule has 0 N–H and O–H groups in total. The van der Waals surface area contributed by atoms with Gasteiger partial charge in [0.1, 0.15) is 5.60 Å². The summed E-state index contributed by atoms with van der Waals surface area (Å²) in [5.41, 5.74) is -0.0565. The van der Waals surface area contributed by atoms with Crippen LogP contribution in [-0.2, 0) is 9.47 Å². The Hall–Kier alpha value is -0.120. The lowest BCUT2D eigenvalue weighted by Crippen LogP contribution is -2.41. The lowest BCUT2D eigenvalue weighted by Gasteiger charge is -2.28. The van der Waals surface area contributed by atoms with Gasteiger partial charge in [-0.1, -0.05) is 13.8 Å². The third-order valence-electron chi connectivity index (χ3n) is 2.92. The van der Waals surface area contributed by atoms with Gasteiger partial charge in [0.05, 0.1) is 6.61 Å². The number of ether oxygens (including phenoxy) is 2. The minimum atomic E-state index is -0.0565. The van der Waals surface area contributed by atoms with E-state index >= 15 is 0 Å². The maximum atomic E-state index is 5.55. The third-order valence-corrected chi connectivity index (χ3v) is 2.92. The Morgan fingerprint density at radius 3 is 2.20 bits per heavy atom. The van der Waals surface area contributed by atoms with Crippen molar-refractivity contribution in [2.45, 2.75) is 45.8 Å². The van der Waals surface area contributed by atoms with E-state index in [1.165, 1.54) is 0 Å². The molecule has 0 aromatic rings. The van der Waals surface area contributed by atoms with Crippen LogP contribution in [0.5, 0.6) is 0 Å². The van der Waals surface area contributed by atoms with Crippen molar-refractivity contribution < 1.29 is 9.47 Å². The van der Waals surface area contributed by atoms with Gasteiger partial charge >= 0.3 is 0 Å². The zero-order chi connectivity index (χ0) is 11.9. The highest BCUT2D eigenvalue weighted by molar-refractivity contribution is 4.92. The van der Waals surface area contributed by atoms with Gasteiger partial charge in [0.15, 0.2) is 0 Å². The van der Waals surface area contributed by atoms with Gasteiger partial charge in [-0.3, -0.25) is 4.90 Å². The van der Waals surface area contributed by atoms with Crippen molar-refractivity contribution in [1.29, 1.82) is 0 Å². The van der Waals surface area contributed by atoms with E-state index in [9.17, 15) is 0 Å². The molecule has 1 heterocycles. The van der Waals surface area contributed by atoms with Crippen molar-refractivity contribution in [1.82, 2.24) is 4.90 Å². The minimum Gasteiger partial charge on any atom is -0.382 e. The predicted molar refractivity (Wildman–Crippen MR) is 64.3 cm³/mol. The highest BCUT2D eigenvalue weighted by atomic mass is 16.5. The summed E-state index contributed by atoms with van der Waals surface area (Å²) in [6.07, 6.45) is 1.08. The Morgan fingerprint density at radius 2 is 1.87 bits per heavy atom. The Bertz CT molecular complexity index is 162. The predicted octanol–water partition coefficient (Wildman–Crippen LogP) is 2.16. The molecular formula is C12H27NO2. The maximum Gasteiger partial charge on any atom is 0.105 e. The Balaban J connectivity index is 0.000000921. The van der Waals surface area contributed by atoms with Crippen LogP contribution >= 0.6 is 0 Å². The van der Waals surface area contributed by atoms with Crippen molar-refractivity contribution in [3.05, 3.63) is 0 Å². The summed E-state index contributed by atoms with van der Waals surface area (Å²) in [4.78, 5) is 2.43. The van der Waals surface area contributed by atoms with Crippen molar-refractivity contribution in [3.63, 3.8) is 0 Å². The fraction of sp³-hybridized carbons (Fsp3) is 1.00. The molecule has 3 heteroatoms. The van der Waals surface area contributed by atoms with Crippen LogP contribution in [0.4, 0.5) is 0 Å². The first kappa shape index (κ1) is 14.9. The average molecular weight is 217 g/mol. The van der Waals surface area contributed by atoms with E-state index in [0.29, 0.717) is 12.6 Å². The first-order valence-corrected chi connectivity index (χ1v) is 5.92. The average Bonchev–Trinajstić information content (AvgIpc) is 2.67. The molecular weight excluding hydrogens is 190 g/mol. The van der Waals surface area contributed by atoms with Crippen LogP contribution < -0.4 is 0 Å². The van der Waals surface area contributed by atoms with E-state index < -0.39 is 0 Å². The molecule has 0 saturated carbocycles. The molecule has 0 amide bonds. The number of hydrogen-bond acceptors (Lipinski definition) is 3. The molecule has 0 spiro atoms. The van der Waals surface area contributed by atoms with Crippen LogP contribution in [0.15, 0.2) is 0 Å². The van der Waals surface area contributed by atoms with Crippen LogP contribution in [0, 0.1) is 0 Å². The van der Waals surface area contributed by atoms with Gasteiger partial charge in [-0.05, 0) is 20.3 Å². The van der Waals surface area contributed by atoms with E-state index in [2.05, 4.69) is 18.7 Å². The van der Waals surface area contributed by atoms with E-state index in [1.54, 1.807) is 14.2 Å². The highest BCUT2D eigenvalue weighted by Gasteiger charge is 2.38. The number of methoxy groups -OCH3 is 2. The van der Waals surface area contributed by atoms with Crippen molar-refractivity contribution in [2.75, 3.05) is 33.9 Å². The molecule has 92 valence electrons. The topological polar surface area (TPSA) is 21.7 Å². The fourth-order valence-corrected chi connectivity index (χ4v) is 1.92. The summed E-state index contributed by atoms with van der Waals surface area (Å²) in [7, 11) is 3.52. The molecule has 1 atom stereocenters. The van der Waals surface area contributed by atoms with E-state index in [0.717, 1.165) is 19.5 Å². The molecule has 0 radical (unpaired) electrons. The van der Waals surface area contributed by atoms with Crippen molar-refractivity contribution >= 4 is 0 Å². The zero-order valence-corrected chi connectivity index (χ0v) is 11.2. The molecule has 1 aliphatic rings. The molecule has 1 rings (SSSR count). The summed E-state index contributed by atoms with van der Waals surface area (Å²) in [5.74, 6) is 0. The SMILES string of the molecule is CC.COCC1(OC)CCN(C(C)C)C1. The normalized spacial score (nSPS) is 26.6. The Morgan fingerprint density at radius 1 is 1.27 bits per heavy atom. The monoisotopic (exact) mass is 217 g/mol. The van der Waals surface area contributed by atoms with Crippen molar-refractivity contribution in [3.8, 4) is 0 Å². The second-order valence-corrected chi connectivity index (χ2v) is 4.13. The van der Waals surface area contributed by atoms with Crippen LogP contribution in [0.3, 0.4) is 0 Å². The van der Waals surface area contributed by atoms with Crippen LogP contribution in [0.2, 0.25) is 0 Å². The molecule has 1 fully saturated rings. The van der Waals surface area contributed by atoms with Crippen LogP contribution in [0.1, 0.15) is 34.1 Å². The lowest BCUT2D eigenvalue weighted by atomic mass is 10.1. The third kappa shape index (κ3) is 4.09. The smallest absolute Gasteiger partial charge is 0.105 e. The van der Waals surface area contributed by atoms with E-state index in [1.807, 2.05) is 13.8 Å². The van der Waals surface area contributed by atoms with Gasteiger partial charge in [-0.25, -0.2) is 0 Å². The summed E-state index contributed by atoms with van der Waals surface area (Å²) in [5, 5.41) is 0. The second-order valence-electron chi connectivity index (χ2n) is 4.13. The Kier molecular flexibility index (Phi) is 7.14. The summed E-state index contributed by atoms with van der Waals surface area (Å²) < 4.78 is 10.7. The number of likely N-dealkylation sites (tertiary alicyclic amines) is 1. The molecule has 1 aliphatic heterocycles. The standard InChI is InChI=1S/C10H21NO2.C2H6/c1-9(2)11-6-5-10(7-11,13-4)8-12-3;1-2/h9H,5-8H2,1-4H3;1-2H3. The first-order chi connectivity index (χ1) is 7.13. The fourth-order valence-electron chi connectivity index (χ4n) is 1.92. The van der Waals surface area contributed by atoms with Gasteiger partial charge in [0, 0.05) is 33.4 Å². The zero-order valence-electron chi connectivity index (χ0n) is 11.2. The van der Waals surface area contributed by atoms with Gasteiger partial charge in [-0.2, -0.15) is 0 Å². The van der Waals surface area contributed by atoms with E-state index in [-0.39, 0.29) is 5.60 Å². The van der Waals surface area contributed by atoms with Crippen LogP contribution in [-0.4, -0.2) is 50.5 Å². The lowest BCUT2D eigenvalue weighted by molar-refractivity contribution is -0.0569. The summed E-state index contributed by atoms with van der Waals surface area (Å²) in [6, 6.07) is 0.605. The quantitative estimate of drug-likeness (QED) is 0.720. The maximum absolute atomic E-state index is 5.55. The van der Waals surface area contributed by atoms with Gasteiger partial charge < -0.3 is 9.47 Å². The first-order valence-electron chi connectivity index (χ1n) is 5.92. The van der Waals surface area contributed by atoms with E-state index in [4.69, 9.17) is 9.47 Å². The number of rotatable bonds is 4. The van der Waals surface area contributed by atoms with Gasteiger partial charge in [0.2, 0.25) is 0 Å². The molecule has 1 unspecified atom stereocenters. The second kappa shape index (κ2) is 7.20. The van der Waals surface area contributed by atoms with Crippen molar-refractivity contribution in [2.24, 2.45) is 0 Å². The largest absolute Gasteiger partial charge is 0.382 e. The van der Waals surface area contributed by atoms with Gasteiger partial charge in [0.25, 0.3) is 0 Å². The molecule has 1 saturated heterocycles. The van der Waals surface area contributed by atoms with Crippen LogP contribution in [0.25, 0.3) is 0 Å². The molecule has 15 heavy (non-hydrogen) atoms. The summed E-state index contributed by atoms with van der Waals surface area (Å²) in [6.45, 7) is 11.3. The highest BCUT2D eigenvalue weighted by Crippen LogP contribution is 2.26. The number of nitrogens with zero attached hydrogens (tertiary/aromatic N) is 1. The number of hydrogen-bond donors (Lipinski definition) is 0. The Labute approximate surface area is 94.7 Å². The molecule has 0 bridgehead atoms. The molecule has 0 aromatic heterocycles. The van der Waals surface area contributed by atoms with Gasteiger partial charge in [-0.15, -0.1) is 0 Å². The summed E-state index contributed by atoms with van der Waals surface area (Å²) >= 11 is 0. The minimum absolute atomic E-state index is 0.0565. The molecule has 3 nitrogen and oxygen atoms in total.